The number of fused-ring (bicyclic) bond motifs is 1. The van der Waals surface area contributed by atoms with Gasteiger partial charge in [-0.25, -0.2) is 9.59 Å². The maximum Gasteiger partial charge on any atom is 0.347 e. The van der Waals surface area contributed by atoms with Crippen LogP contribution in [0, 0.1) is 5.92 Å². The van der Waals surface area contributed by atoms with Gasteiger partial charge in [0.05, 0.1) is 48.7 Å². The molecule has 1 amide bonds. The van der Waals surface area contributed by atoms with Gasteiger partial charge in [-0.3, -0.25) is 9.69 Å². The molecule has 1 N–H and O–H groups in total. The van der Waals surface area contributed by atoms with Crippen LogP contribution in [0.5, 0.6) is 0 Å². The number of anilines is 1. The first-order valence-corrected chi connectivity index (χ1v) is 11.7. The Morgan fingerprint density at radius 3 is 2.54 bits per heavy atom. The largest absolute Gasteiger partial charge is 0.464 e. The van der Waals surface area contributed by atoms with Crippen LogP contribution in [0.15, 0.2) is 41.5 Å². The zero-order chi connectivity index (χ0) is 25.3. The van der Waals surface area contributed by atoms with Gasteiger partial charge in [-0.1, -0.05) is 17.7 Å². The molecule has 1 atom stereocenters. The minimum atomic E-state index is -1.55. The SMILES string of the molecule is CCOC(=O)C(OC[C@H]1C=C(N2CNc3cccc(Cl)c3C2=O)C2=C1OC(C)(C)O2)C(=O)OCC. The number of esters is 2. The van der Waals surface area contributed by atoms with Crippen molar-refractivity contribution in [2.75, 3.05) is 31.8 Å². The third kappa shape index (κ3) is 4.81. The van der Waals surface area contributed by atoms with Gasteiger partial charge in [0, 0.05) is 19.5 Å². The summed E-state index contributed by atoms with van der Waals surface area (Å²) < 4.78 is 27.6. The van der Waals surface area contributed by atoms with Crippen molar-refractivity contribution >= 4 is 35.1 Å². The van der Waals surface area contributed by atoms with E-state index in [1.165, 1.54) is 4.90 Å². The van der Waals surface area contributed by atoms with Crippen molar-refractivity contribution in [2.45, 2.75) is 39.6 Å². The predicted molar refractivity (Wildman–Crippen MR) is 124 cm³/mol. The van der Waals surface area contributed by atoms with Crippen LogP contribution in [0.2, 0.25) is 5.02 Å². The van der Waals surface area contributed by atoms with Gasteiger partial charge in [0.2, 0.25) is 5.79 Å². The van der Waals surface area contributed by atoms with Gasteiger partial charge in [-0.05, 0) is 32.1 Å². The van der Waals surface area contributed by atoms with Crippen molar-refractivity contribution in [3.8, 4) is 0 Å². The maximum atomic E-state index is 13.4. The average Bonchev–Trinajstić information content (AvgIpc) is 3.28. The smallest absolute Gasteiger partial charge is 0.347 e. The number of carbonyl (C=O) groups is 3. The summed E-state index contributed by atoms with van der Waals surface area (Å²) in [7, 11) is 0. The van der Waals surface area contributed by atoms with Crippen molar-refractivity contribution in [1.82, 2.24) is 4.90 Å². The zero-order valence-electron chi connectivity index (χ0n) is 19.9. The van der Waals surface area contributed by atoms with Crippen LogP contribution < -0.4 is 5.32 Å². The molecule has 0 bridgehead atoms. The zero-order valence-corrected chi connectivity index (χ0v) is 20.6. The Morgan fingerprint density at radius 1 is 1.20 bits per heavy atom. The topological polar surface area (TPSA) is 113 Å². The highest BCUT2D eigenvalue weighted by Crippen LogP contribution is 2.45. The molecule has 0 radical (unpaired) electrons. The van der Waals surface area contributed by atoms with Gasteiger partial charge in [0.1, 0.15) is 0 Å². The Bertz CT molecular complexity index is 1090. The van der Waals surface area contributed by atoms with Gasteiger partial charge in [0.25, 0.3) is 12.0 Å². The van der Waals surface area contributed by atoms with Crippen LogP contribution in [0.4, 0.5) is 5.69 Å². The Morgan fingerprint density at radius 2 is 1.89 bits per heavy atom. The molecular formula is C24H27ClN2O8. The molecule has 0 aromatic heterocycles. The summed E-state index contributed by atoms with van der Waals surface area (Å²) in [5, 5.41) is 3.52. The molecular weight excluding hydrogens is 480 g/mol. The molecule has 10 nitrogen and oxygen atoms in total. The molecule has 0 fully saturated rings. The standard InChI is InChI=1S/C24H27ClN2O8/c1-5-31-22(29)20(23(30)32-6-2)33-11-13-10-16(19-18(13)34-24(3,4)35-19)27-12-26-15-9-7-8-14(25)17(15)21(27)28/h7-10,13,20,26H,5-6,11-12H2,1-4H3/t13-/m1/s1. The van der Waals surface area contributed by atoms with E-state index in [-0.39, 0.29) is 32.4 Å². The van der Waals surface area contributed by atoms with Crippen molar-refractivity contribution in [1.29, 1.82) is 0 Å². The van der Waals surface area contributed by atoms with Crippen molar-refractivity contribution in [2.24, 2.45) is 5.92 Å². The highest BCUT2D eigenvalue weighted by atomic mass is 35.5. The summed E-state index contributed by atoms with van der Waals surface area (Å²) in [5.74, 6) is -2.67. The van der Waals surface area contributed by atoms with E-state index in [4.69, 9.17) is 35.3 Å². The van der Waals surface area contributed by atoms with E-state index < -0.39 is 29.7 Å². The highest BCUT2D eigenvalue weighted by Gasteiger charge is 2.46. The first-order valence-electron chi connectivity index (χ1n) is 11.3. The first-order chi connectivity index (χ1) is 16.7. The number of nitrogens with zero attached hydrogens (tertiary/aromatic N) is 1. The second kappa shape index (κ2) is 9.79. The lowest BCUT2D eigenvalue weighted by atomic mass is 10.1. The number of ether oxygens (including phenoxy) is 5. The lowest BCUT2D eigenvalue weighted by Crippen LogP contribution is -2.40. The summed E-state index contributed by atoms with van der Waals surface area (Å²) in [5.41, 5.74) is 1.47. The molecule has 2 heterocycles. The monoisotopic (exact) mass is 506 g/mol. The van der Waals surface area contributed by atoms with Crippen molar-refractivity contribution < 1.29 is 38.1 Å². The highest BCUT2D eigenvalue weighted by molar-refractivity contribution is 6.34. The molecule has 3 aliphatic rings. The average molecular weight is 507 g/mol. The maximum absolute atomic E-state index is 13.4. The Hall–Kier alpha value is -3.24. The van der Waals surface area contributed by atoms with Crippen LogP contribution >= 0.6 is 11.6 Å². The van der Waals surface area contributed by atoms with E-state index in [1.54, 1.807) is 52.0 Å². The summed E-state index contributed by atoms with van der Waals surface area (Å²) >= 11 is 6.31. The molecule has 188 valence electrons. The van der Waals surface area contributed by atoms with Crippen molar-refractivity contribution in [3.05, 3.63) is 52.1 Å². The van der Waals surface area contributed by atoms with Crippen LogP contribution in [0.1, 0.15) is 38.1 Å². The lowest BCUT2D eigenvalue weighted by molar-refractivity contribution is -0.174. The summed E-state index contributed by atoms with van der Waals surface area (Å²) in [6.07, 6.45) is 0.199. The van der Waals surface area contributed by atoms with E-state index in [1.807, 2.05) is 0 Å². The minimum absolute atomic E-state index is 0.0835. The van der Waals surface area contributed by atoms with Crippen LogP contribution in [-0.4, -0.2) is 61.1 Å². The Balaban J connectivity index is 1.60. The fourth-order valence-corrected chi connectivity index (χ4v) is 4.31. The summed E-state index contributed by atoms with van der Waals surface area (Å²) in [6.45, 7) is 6.97. The van der Waals surface area contributed by atoms with Crippen molar-refractivity contribution in [3.63, 3.8) is 0 Å². The van der Waals surface area contributed by atoms with E-state index in [9.17, 15) is 14.4 Å². The molecule has 1 aromatic carbocycles. The van der Waals surface area contributed by atoms with Gasteiger partial charge in [-0.15, -0.1) is 0 Å². The molecule has 2 aliphatic heterocycles. The second-order valence-corrected chi connectivity index (χ2v) is 8.81. The molecule has 0 spiro atoms. The number of rotatable bonds is 8. The van der Waals surface area contributed by atoms with Crippen LogP contribution in [-0.2, 0) is 33.3 Å². The minimum Gasteiger partial charge on any atom is -0.464 e. The number of nitrogens with one attached hydrogen (secondary N) is 1. The van der Waals surface area contributed by atoms with Gasteiger partial charge in [0.15, 0.2) is 11.5 Å². The van der Waals surface area contributed by atoms with E-state index in [0.29, 0.717) is 33.5 Å². The third-order valence-corrected chi connectivity index (χ3v) is 5.81. The second-order valence-electron chi connectivity index (χ2n) is 8.40. The third-order valence-electron chi connectivity index (χ3n) is 5.49. The van der Waals surface area contributed by atoms with E-state index >= 15 is 0 Å². The number of halogens is 1. The number of amides is 1. The van der Waals surface area contributed by atoms with Crippen LogP contribution in [0.3, 0.4) is 0 Å². The Labute approximate surface area is 207 Å². The molecule has 0 saturated carbocycles. The normalized spacial score (nSPS) is 19.9. The number of carbonyl (C=O) groups excluding carboxylic acids is 3. The Kier molecular flexibility index (Phi) is 6.95. The molecule has 4 rings (SSSR count). The molecule has 0 saturated heterocycles. The fourth-order valence-electron chi connectivity index (χ4n) is 4.05. The quantitative estimate of drug-likeness (QED) is 0.419. The fraction of sp³-hybridized carbons (Fsp3) is 0.458. The summed E-state index contributed by atoms with van der Waals surface area (Å²) in [6, 6.07) is 5.20. The molecule has 35 heavy (non-hydrogen) atoms. The molecule has 1 aromatic rings. The van der Waals surface area contributed by atoms with Gasteiger partial charge in [-0.2, -0.15) is 0 Å². The van der Waals surface area contributed by atoms with Crippen LogP contribution in [0.25, 0.3) is 0 Å². The number of hydrogen-bond acceptors (Lipinski definition) is 9. The van der Waals surface area contributed by atoms with E-state index in [2.05, 4.69) is 5.32 Å². The predicted octanol–water partition coefficient (Wildman–Crippen LogP) is 3.18. The number of benzene rings is 1. The molecule has 0 unspecified atom stereocenters. The molecule has 11 heteroatoms. The lowest BCUT2D eigenvalue weighted by Gasteiger charge is -2.32. The van der Waals surface area contributed by atoms with E-state index in [0.717, 1.165) is 0 Å². The van der Waals surface area contributed by atoms with Gasteiger partial charge < -0.3 is 29.0 Å². The summed E-state index contributed by atoms with van der Waals surface area (Å²) in [4.78, 5) is 39.4. The number of hydrogen-bond donors (Lipinski definition) is 1. The van der Waals surface area contributed by atoms with Gasteiger partial charge >= 0.3 is 11.9 Å². The first kappa shape index (κ1) is 24.9. The molecule has 1 aliphatic carbocycles.